The molecule has 1 heterocycles. The van der Waals surface area contributed by atoms with E-state index in [4.69, 9.17) is 16.2 Å². The topological polar surface area (TPSA) is 112 Å². The number of carbonyl (C=O) groups excluding carboxylic acids is 1. The van der Waals surface area contributed by atoms with Crippen LogP contribution in [0.4, 0.5) is 5.69 Å². The predicted molar refractivity (Wildman–Crippen MR) is 75.8 cm³/mol. The Labute approximate surface area is 118 Å². The molecule has 1 fully saturated rings. The minimum absolute atomic E-state index is 0.00398. The number of rotatable bonds is 5. The van der Waals surface area contributed by atoms with Crippen molar-refractivity contribution in [2.45, 2.75) is 24.7 Å². The minimum atomic E-state index is -3.29. The predicted octanol–water partition coefficient (Wildman–Crippen LogP) is 0.461. The van der Waals surface area contributed by atoms with Crippen molar-refractivity contribution in [1.82, 2.24) is 0 Å². The first-order valence-electron chi connectivity index (χ1n) is 6.37. The summed E-state index contributed by atoms with van der Waals surface area (Å²) in [6.45, 7) is 0.621. The van der Waals surface area contributed by atoms with Gasteiger partial charge in [-0.2, -0.15) is 0 Å². The van der Waals surface area contributed by atoms with Crippen molar-refractivity contribution in [3.8, 4) is 0 Å². The van der Waals surface area contributed by atoms with Crippen LogP contribution in [0.25, 0.3) is 0 Å². The maximum atomic E-state index is 12.1. The van der Waals surface area contributed by atoms with Crippen LogP contribution in [0.1, 0.15) is 28.8 Å². The van der Waals surface area contributed by atoms with Crippen LogP contribution < -0.4 is 11.5 Å². The van der Waals surface area contributed by atoms with Crippen molar-refractivity contribution in [2.24, 2.45) is 5.73 Å². The van der Waals surface area contributed by atoms with Gasteiger partial charge < -0.3 is 16.2 Å². The number of ether oxygens (including phenoxy) is 1. The number of nitrogen functional groups attached to an aromatic ring is 1. The summed E-state index contributed by atoms with van der Waals surface area (Å²) in [6.07, 6.45) is 1.46. The average molecular weight is 298 g/mol. The van der Waals surface area contributed by atoms with E-state index in [2.05, 4.69) is 0 Å². The van der Waals surface area contributed by atoms with Gasteiger partial charge in [-0.1, -0.05) is 6.07 Å². The Morgan fingerprint density at radius 1 is 1.40 bits per heavy atom. The smallest absolute Gasteiger partial charge is 0.248 e. The van der Waals surface area contributed by atoms with E-state index in [-0.39, 0.29) is 28.9 Å². The molecule has 1 amide bonds. The van der Waals surface area contributed by atoms with Crippen molar-refractivity contribution in [1.29, 1.82) is 0 Å². The lowest BCUT2D eigenvalue weighted by molar-refractivity contribution is 0.100. The third kappa shape index (κ3) is 3.71. The molecule has 1 saturated heterocycles. The monoisotopic (exact) mass is 298 g/mol. The minimum Gasteiger partial charge on any atom is -0.398 e. The van der Waals surface area contributed by atoms with E-state index >= 15 is 0 Å². The third-order valence-electron chi connectivity index (χ3n) is 3.27. The SMILES string of the molecule is NC(=O)c1ccc(CS(=O)(=O)CC2CCCO2)c(N)c1. The van der Waals surface area contributed by atoms with Gasteiger partial charge in [-0.15, -0.1) is 0 Å². The highest BCUT2D eigenvalue weighted by Gasteiger charge is 2.24. The van der Waals surface area contributed by atoms with Crippen molar-refractivity contribution >= 4 is 21.4 Å². The van der Waals surface area contributed by atoms with Crippen LogP contribution in [-0.2, 0) is 20.3 Å². The maximum Gasteiger partial charge on any atom is 0.248 e. The average Bonchev–Trinajstić information content (AvgIpc) is 2.83. The van der Waals surface area contributed by atoms with E-state index in [1.54, 1.807) is 0 Å². The Hall–Kier alpha value is -1.60. The van der Waals surface area contributed by atoms with Gasteiger partial charge in [-0.05, 0) is 30.5 Å². The normalized spacial score (nSPS) is 19.1. The van der Waals surface area contributed by atoms with Crippen LogP contribution in [0.3, 0.4) is 0 Å². The molecule has 20 heavy (non-hydrogen) atoms. The first-order chi connectivity index (χ1) is 9.37. The summed E-state index contributed by atoms with van der Waals surface area (Å²) < 4.78 is 29.5. The van der Waals surface area contributed by atoms with Gasteiger partial charge in [0.15, 0.2) is 9.84 Å². The van der Waals surface area contributed by atoms with Crippen molar-refractivity contribution < 1.29 is 17.9 Å². The summed E-state index contributed by atoms with van der Waals surface area (Å²) in [5.74, 6) is -0.743. The third-order valence-corrected chi connectivity index (χ3v) is 4.90. The zero-order valence-electron chi connectivity index (χ0n) is 11.0. The summed E-state index contributed by atoms with van der Waals surface area (Å²) in [6, 6.07) is 4.41. The molecule has 1 aromatic carbocycles. The van der Waals surface area contributed by atoms with Gasteiger partial charge in [0.1, 0.15) is 0 Å². The first kappa shape index (κ1) is 14.8. The van der Waals surface area contributed by atoms with Gasteiger partial charge in [0.05, 0.1) is 17.6 Å². The molecule has 0 aromatic heterocycles. The van der Waals surface area contributed by atoms with Gasteiger partial charge >= 0.3 is 0 Å². The number of hydrogen-bond donors (Lipinski definition) is 2. The highest BCUT2D eigenvalue weighted by atomic mass is 32.2. The van der Waals surface area contributed by atoms with Crippen LogP contribution in [-0.4, -0.2) is 32.8 Å². The highest BCUT2D eigenvalue weighted by Crippen LogP contribution is 2.20. The Kier molecular flexibility index (Phi) is 4.29. The Bertz CT molecular complexity index is 607. The second-order valence-electron chi connectivity index (χ2n) is 4.97. The van der Waals surface area contributed by atoms with E-state index in [0.717, 1.165) is 12.8 Å². The van der Waals surface area contributed by atoms with E-state index < -0.39 is 15.7 Å². The van der Waals surface area contributed by atoms with E-state index in [1.807, 2.05) is 0 Å². The lowest BCUT2D eigenvalue weighted by Crippen LogP contribution is -2.22. The number of amides is 1. The lowest BCUT2D eigenvalue weighted by Gasteiger charge is -2.11. The zero-order valence-corrected chi connectivity index (χ0v) is 11.9. The number of primary amides is 1. The molecule has 1 aliphatic rings. The summed E-state index contributed by atoms with van der Waals surface area (Å²) in [4.78, 5) is 11.0. The number of hydrogen-bond acceptors (Lipinski definition) is 5. The number of anilines is 1. The molecule has 7 heteroatoms. The number of carbonyl (C=O) groups is 1. The second-order valence-corrected chi connectivity index (χ2v) is 7.08. The molecule has 1 aromatic rings. The van der Waals surface area contributed by atoms with E-state index in [0.29, 0.717) is 12.2 Å². The lowest BCUT2D eigenvalue weighted by atomic mass is 10.1. The van der Waals surface area contributed by atoms with Gasteiger partial charge in [0.25, 0.3) is 0 Å². The van der Waals surface area contributed by atoms with Gasteiger partial charge in [-0.25, -0.2) is 8.42 Å². The summed E-state index contributed by atoms with van der Waals surface area (Å²) >= 11 is 0. The Morgan fingerprint density at radius 3 is 2.70 bits per heavy atom. The van der Waals surface area contributed by atoms with Crippen molar-refractivity contribution in [3.05, 3.63) is 29.3 Å². The van der Waals surface area contributed by atoms with Crippen LogP contribution >= 0.6 is 0 Å². The zero-order chi connectivity index (χ0) is 14.8. The van der Waals surface area contributed by atoms with Crippen LogP contribution in [0.5, 0.6) is 0 Å². The van der Waals surface area contributed by atoms with Gasteiger partial charge in [-0.3, -0.25) is 4.79 Å². The molecular formula is C13H18N2O4S. The standard InChI is InChI=1S/C13H18N2O4S/c14-12-6-9(13(15)16)3-4-10(12)7-20(17,18)8-11-2-1-5-19-11/h3-4,6,11H,1-2,5,7-8,14H2,(H2,15,16). The largest absolute Gasteiger partial charge is 0.398 e. The van der Waals surface area contributed by atoms with Crippen LogP contribution in [0.15, 0.2) is 18.2 Å². The Balaban J connectivity index is 2.10. The molecule has 4 N–H and O–H groups in total. The molecule has 0 aliphatic carbocycles. The molecule has 1 atom stereocenters. The van der Waals surface area contributed by atoms with E-state index in [9.17, 15) is 13.2 Å². The van der Waals surface area contributed by atoms with Gasteiger partial charge in [0, 0.05) is 17.9 Å². The molecule has 110 valence electrons. The summed E-state index contributed by atoms with van der Waals surface area (Å²) in [5, 5.41) is 0. The molecule has 0 saturated carbocycles. The number of sulfone groups is 1. The second kappa shape index (κ2) is 5.80. The maximum absolute atomic E-state index is 12.1. The fourth-order valence-corrected chi connectivity index (χ4v) is 3.92. The fourth-order valence-electron chi connectivity index (χ4n) is 2.23. The Morgan fingerprint density at radius 2 is 2.15 bits per heavy atom. The molecule has 1 aliphatic heterocycles. The van der Waals surface area contributed by atoms with Crippen molar-refractivity contribution in [2.75, 3.05) is 18.1 Å². The molecule has 1 unspecified atom stereocenters. The van der Waals surface area contributed by atoms with Crippen LogP contribution in [0, 0.1) is 0 Å². The molecule has 0 spiro atoms. The summed E-state index contributed by atoms with van der Waals surface area (Å²) in [5.41, 5.74) is 11.9. The molecule has 6 nitrogen and oxygen atoms in total. The highest BCUT2D eigenvalue weighted by molar-refractivity contribution is 7.90. The number of nitrogens with two attached hydrogens (primary N) is 2. The van der Waals surface area contributed by atoms with Crippen LogP contribution in [0.2, 0.25) is 0 Å². The molecule has 2 rings (SSSR count). The molecular weight excluding hydrogens is 280 g/mol. The number of benzene rings is 1. The first-order valence-corrected chi connectivity index (χ1v) is 8.20. The fraction of sp³-hybridized carbons (Fsp3) is 0.462. The van der Waals surface area contributed by atoms with Crippen molar-refractivity contribution in [3.63, 3.8) is 0 Å². The molecule has 0 radical (unpaired) electrons. The quantitative estimate of drug-likeness (QED) is 0.767. The van der Waals surface area contributed by atoms with E-state index in [1.165, 1.54) is 18.2 Å². The molecule has 0 bridgehead atoms. The van der Waals surface area contributed by atoms with Gasteiger partial charge in [0.2, 0.25) is 5.91 Å². The summed E-state index contributed by atoms with van der Waals surface area (Å²) in [7, 11) is -3.29.